The third kappa shape index (κ3) is 3.71. The van der Waals surface area contributed by atoms with Crippen LogP contribution in [0.4, 0.5) is 0 Å². The Labute approximate surface area is 163 Å². The van der Waals surface area contributed by atoms with Crippen molar-refractivity contribution >= 4 is 18.1 Å². The standard InChI is InChI=1S/C21H22N4OS/c1-15-6-5-7-16(12-15)19-23-24-20(27)25(19)13-18(26)22-14-21(10-11-21)17-8-3-2-4-9-17/h2-9,12H,10-11,13-14H2,1H3,(H,22,26)(H,24,27). The smallest absolute Gasteiger partial charge is 0.240 e. The first kappa shape index (κ1) is 17.7. The highest BCUT2D eigenvalue weighted by atomic mass is 32.1. The summed E-state index contributed by atoms with van der Waals surface area (Å²) >= 11 is 5.34. The van der Waals surface area contributed by atoms with Crippen LogP contribution in [0.1, 0.15) is 24.0 Å². The zero-order valence-electron chi connectivity index (χ0n) is 15.2. The summed E-state index contributed by atoms with van der Waals surface area (Å²) < 4.78 is 2.20. The van der Waals surface area contributed by atoms with E-state index in [0.29, 0.717) is 17.1 Å². The zero-order chi connectivity index (χ0) is 18.9. The molecule has 3 aromatic rings. The monoisotopic (exact) mass is 378 g/mol. The Balaban J connectivity index is 1.47. The summed E-state index contributed by atoms with van der Waals surface area (Å²) in [6, 6.07) is 18.4. The molecule has 2 N–H and O–H groups in total. The predicted molar refractivity (Wildman–Crippen MR) is 108 cm³/mol. The highest BCUT2D eigenvalue weighted by molar-refractivity contribution is 7.71. The molecule has 0 atom stereocenters. The SMILES string of the molecule is Cc1cccc(-c2n[nH]c(=S)n2CC(=O)NCC2(c3ccccc3)CC2)c1. The first-order valence-corrected chi connectivity index (χ1v) is 9.53. The van der Waals surface area contributed by atoms with Crippen molar-refractivity contribution in [2.45, 2.75) is 31.7 Å². The molecule has 0 radical (unpaired) electrons. The van der Waals surface area contributed by atoms with Crippen LogP contribution in [0.2, 0.25) is 0 Å². The van der Waals surface area contributed by atoms with Crippen molar-refractivity contribution in [2.24, 2.45) is 0 Å². The van der Waals surface area contributed by atoms with Crippen molar-refractivity contribution in [3.8, 4) is 11.4 Å². The van der Waals surface area contributed by atoms with Gasteiger partial charge in [0.05, 0.1) is 0 Å². The lowest BCUT2D eigenvalue weighted by Crippen LogP contribution is -2.34. The van der Waals surface area contributed by atoms with Gasteiger partial charge in [0.15, 0.2) is 10.6 Å². The van der Waals surface area contributed by atoms with Crippen LogP contribution in [-0.2, 0) is 16.8 Å². The summed E-state index contributed by atoms with van der Waals surface area (Å²) in [5.41, 5.74) is 3.47. The van der Waals surface area contributed by atoms with Gasteiger partial charge in [-0.1, -0.05) is 54.1 Å². The Morgan fingerprint density at radius 3 is 2.70 bits per heavy atom. The van der Waals surface area contributed by atoms with Crippen LogP contribution in [0.15, 0.2) is 54.6 Å². The van der Waals surface area contributed by atoms with Gasteiger partial charge in [-0.2, -0.15) is 5.10 Å². The summed E-state index contributed by atoms with van der Waals surface area (Å²) in [6.07, 6.45) is 2.22. The molecule has 0 bridgehead atoms. The summed E-state index contributed by atoms with van der Waals surface area (Å²) in [7, 11) is 0. The molecule has 1 aliphatic rings. The van der Waals surface area contributed by atoms with Gasteiger partial charge in [-0.05, 0) is 43.6 Å². The average Bonchev–Trinajstić information content (AvgIpc) is 3.39. The fourth-order valence-corrected chi connectivity index (χ4v) is 3.64. The van der Waals surface area contributed by atoms with E-state index in [9.17, 15) is 4.79 Å². The molecule has 6 heteroatoms. The molecule has 27 heavy (non-hydrogen) atoms. The maximum atomic E-state index is 12.6. The summed E-state index contributed by atoms with van der Waals surface area (Å²) in [4.78, 5) is 12.6. The first-order valence-electron chi connectivity index (χ1n) is 9.12. The highest BCUT2D eigenvalue weighted by Crippen LogP contribution is 2.47. The van der Waals surface area contributed by atoms with E-state index in [1.54, 1.807) is 4.57 Å². The Morgan fingerprint density at radius 2 is 2.00 bits per heavy atom. The molecular weight excluding hydrogens is 356 g/mol. The number of nitrogens with zero attached hydrogens (tertiary/aromatic N) is 2. The van der Waals surface area contributed by atoms with Gasteiger partial charge in [-0.25, -0.2) is 0 Å². The van der Waals surface area contributed by atoms with Gasteiger partial charge < -0.3 is 5.32 Å². The van der Waals surface area contributed by atoms with E-state index in [2.05, 4.69) is 39.8 Å². The molecule has 1 saturated carbocycles. The van der Waals surface area contributed by atoms with Gasteiger partial charge in [-0.3, -0.25) is 14.5 Å². The molecule has 0 saturated heterocycles. The van der Waals surface area contributed by atoms with Crippen molar-refractivity contribution in [1.82, 2.24) is 20.1 Å². The largest absolute Gasteiger partial charge is 0.354 e. The molecule has 2 aromatic carbocycles. The fourth-order valence-electron chi connectivity index (χ4n) is 3.45. The van der Waals surface area contributed by atoms with Gasteiger partial charge in [0.2, 0.25) is 5.91 Å². The second-order valence-corrected chi connectivity index (χ2v) is 7.62. The lowest BCUT2D eigenvalue weighted by molar-refractivity contribution is -0.121. The van der Waals surface area contributed by atoms with Crippen molar-refractivity contribution in [2.75, 3.05) is 6.54 Å². The minimum absolute atomic E-state index is 0.0522. The maximum absolute atomic E-state index is 12.6. The van der Waals surface area contributed by atoms with Gasteiger partial charge in [0, 0.05) is 17.5 Å². The van der Waals surface area contributed by atoms with Gasteiger partial charge in [0.25, 0.3) is 0 Å². The number of aromatic nitrogens is 3. The van der Waals surface area contributed by atoms with Crippen molar-refractivity contribution in [1.29, 1.82) is 0 Å². The summed E-state index contributed by atoms with van der Waals surface area (Å²) in [6.45, 7) is 2.84. The second kappa shape index (κ2) is 7.12. The number of H-pyrrole nitrogens is 1. The molecule has 0 aliphatic heterocycles. The number of hydrogen-bond donors (Lipinski definition) is 2. The van der Waals surface area contributed by atoms with Crippen molar-refractivity contribution in [3.05, 3.63) is 70.5 Å². The number of rotatable bonds is 6. The van der Waals surface area contributed by atoms with Crippen molar-refractivity contribution in [3.63, 3.8) is 0 Å². The highest BCUT2D eigenvalue weighted by Gasteiger charge is 2.44. The van der Waals surface area contributed by atoms with E-state index < -0.39 is 0 Å². The molecule has 0 unspecified atom stereocenters. The molecular formula is C21H22N4OS. The lowest BCUT2D eigenvalue weighted by atomic mass is 9.96. The first-order chi connectivity index (χ1) is 13.1. The van der Waals surface area contributed by atoms with E-state index in [1.165, 1.54) is 5.56 Å². The van der Waals surface area contributed by atoms with Crippen LogP contribution in [-0.4, -0.2) is 27.2 Å². The summed E-state index contributed by atoms with van der Waals surface area (Å²) in [5, 5.41) is 10.2. The Bertz CT molecular complexity index is 1020. The van der Waals surface area contributed by atoms with Gasteiger partial charge in [0.1, 0.15) is 6.54 Å². The van der Waals surface area contributed by atoms with E-state index in [4.69, 9.17) is 12.2 Å². The molecule has 138 valence electrons. The second-order valence-electron chi connectivity index (χ2n) is 7.23. The maximum Gasteiger partial charge on any atom is 0.240 e. The minimum atomic E-state index is -0.0522. The van der Waals surface area contributed by atoms with Crippen LogP contribution in [0.25, 0.3) is 11.4 Å². The topological polar surface area (TPSA) is 62.7 Å². The molecule has 1 amide bonds. The number of hydrogen-bond acceptors (Lipinski definition) is 3. The van der Waals surface area contributed by atoms with Crippen molar-refractivity contribution < 1.29 is 4.79 Å². The number of benzene rings is 2. The minimum Gasteiger partial charge on any atom is -0.354 e. The fraction of sp³-hybridized carbons (Fsp3) is 0.286. The third-order valence-corrected chi connectivity index (χ3v) is 5.51. The number of carbonyl (C=O) groups is 1. The van der Waals surface area contributed by atoms with Crippen LogP contribution in [0.3, 0.4) is 0 Å². The number of aryl methyl sites for hydroxylation is 1. The Morgan fingerprint density at radius 1 is 1.22 bits per heavy atom. The lowest BCUT2D eigenvalue weighted by Gasteiger charge is -2.17. The average molecular weight is 379 g/mol. The normalized spacial score (nSPS) is 14.7. The molecule has 5 nitrogen and oxygen atoms in total. The Hall–Kier alpha value is -2.73. The molecule has 0 spiro atoms. The summed E-state index contributed by atoms with van der Waals surface area (Å²) in [5.74, 6) is 0.631. The molecule has 4 rings (SSSR count). The third-order valence-electron chi connectivity index (χ3n) is 5.20. The number of aromatic amines is 1. The van der Waals surface area contributed by atoms with Crippen LogP contribution < -0.4 is 5.32 Å². The van der Waals surface area contributed by atoms with E-state index in [1.807, 2.05) is 37.3 Å². The van der Waals surface area contributed by atoms with E-state index in [0.717, 1.165) is 24.0 Å². The van der Waals surface area contributed by atoms with E-state index >= 15 is 0 Å². The molecule has 1 aliphatic carbocycles. The van der Waals surface area contributed by atoms with Crippen LogP contribution >= 0.6 is 12.2 Å². The molecule has 1 heterocycles. The number of amides is 1. The van der Waals surface area contributed by atoms with Gasteiger partial charge >= 0.3 is 0 Å². The van der Waals surface area contributed by atoms with Gasteiger partial charge in [-0.15, -0.1) is 0 Å². The predicted octanol–water partition coefficient (Wildman–Crippen LogP) is 3.76. The van der Waals surface area contributed by atoms with Crippen LogP contribution in [0.5, 0.6) is 0 Å². The quantitative estimate of drug-likeness (QED) is 0.642. The van der Waals surface area contributed by atoms with Crippen LogP contribution in [0, 0.1) is 11.7 Å². The zero-order valence-corrected chi connectivity index (χ0v) is 16.1. The van der Waals surface area contributed by atoms with E-state index in [-0.39, 0.29) is 17.9 Å². The molecule has 1 fully saturated rings. The number of nitrogens with one attached hydrogen (secondary N) is 2. The number of carbonyl (C=O) groups excluding carboxylic acids is 1. The molecule has 1 aromatic heterocycles. The Kier molecular flexibility index (Phi) is 4.66.